The number of unbranched alkanes of at least 4 members (excludes halogenated alkanes) is 2. The van der Waals surface area contributed by atoms with Gasteiger partial charge >= 0.3 is 0 Å². The zero-order valence-electron chi connectivity index (χ0n) is 27.2. The average molecular weight is 526 g/mol. The molecule has 0 heterocycles. The Bertz CT molecular complexity index is 670. The van der Waals surface area contributed by atoms with Crippen LogP contribution in [0.1, 0.15) is 141 Å². The predicted molar refractivity (Wildman–Crippen MR) is 158 cm³/mol. The van der Waals surface area contributed by atoms with E-state index >= 15 is 0 Å². The minimum Gasteiger partial charge on any atom is -0.358 e. The van der Waals surface area contributed by atoms with Gasteiger partial charge in [0.15, 0.2) is 0 Å². The summed E-state index contributed by atoms with van der Waals surface area (Å²) in [6.45, 7) is 28.6. The first-order chi connectivity index (χ1) is 16.5. The van der Waals surface area contributed by atoms with E-state index < -0.39 is 0 Å². The molecule has 0 saturated heterocycles. The molecule has 0 rings (SSSR count). The second-order valence-corrected chi connectivity index (χ2v) is 15.5. The van der Waals surface area contributed by atoms with Crippen molar-refractivity contribution in [3.05, 3.63) is 0 Å². The third kappa shape index (κ3) is 21.4. The SMILES string of the molecule is CC(=O)NCCCC[C@H](CC(C)(C)C)C(=O)C(C)(C)C.CC(C)(C)C[C@@H](CCCC[NH3+])C(=O)C(C)(C)C. The van der Waals surface area contributed by atoms with E-state index in [1.54, 1.807) is 0 Å². The number of nitrogens with one attached hydrogen (secondary N) is 1. The van der Waals surface area contributed by atoms with Gasteiger partial charge in [-0.3, -0.25) is 14.4 Å². The number of hydrogen-bond donors (Lipinski definition) is 2. The van der Waals surface area contributed by atoms with Gasteiger partial charge < -0.3 is 11.1 Å². The van der Waals surface area contributed by atoms with Crippen molar-refractivity contribution < 1.29 is 20.1 Å². The van der Waals surface area contributed by atoms with E-state index in [9.17, 15) is 14.4 Å². The third-order valence-electron chi connectivity index (χ3n) is 6.34. The molecule has 0 unspecified atom stereocenters. The fourth-order valence-corrected chi connectivity index (χ4v) is 4.70. The number of ketones is 2. The minimum absolute atomic E-state index is 0.0157. The first-order valence-electron chi connectivity index (χ1n) is 14.6. The van der Waals surface area contributed by atoms with E-state index in [1.807, 2.05) is 41.5 Å². The van der Waals surface area contributed by atoms with Crippen LogP contribution >= 0.6 is 0 Å². The lowest BCUT2D eigenvalue weighted by Crippen LogP contribution is -2.50. The van der Waals surface area contributed by atoms with Crippen molar-refractivity contribution in [3.8, 4) is 0 Å². The number of quaternary nitrogens is 1. The van der Waals surface area contributed by atoms with Gasteiger partial charge in [-0.25, -0.2) is 0 Å². The van der Waals surface area contributed by atoms with E-state index in [4.69, 9.17) is 0 Å². The second kappa shape index (κ2) is 16.7. The molecule has 0 aliphatic carbocycles. The van der Waals surface area contributed by atoms with Crippen molar-refractivity contribution in [2.24, 2.45) is 33.5 Å². The number of Topliss-reactive ketones (excluding diaryl/α,β-unsaturated/α-hetero) is 2. The lowest BCUT2D eigenvalue weighted by molar-refractivity contribution is -0.368. The quantitative estimate of drug-likeness (QED) is 0.253. The van der Waals surface area contributed by atoms with Crippen LogP contribution < -0.4 is 11.1 Å². The first kappa shape index (κ1) is 37.9. The first-order valence-corrected chi connectivity index (χ1v) is 14.6. The van der Waals surface area contributed by atoms with E-state index in [0.717, 1.165) is 57.9 Å². The summed E-state index contributed by atoms with van der Waals surface area (Å²) in [5, 5.41) is 2.80. The van der Waals surface area contributed by atoms with Gasteiger partial charge in [0.05, 0.1) is 6.54 Å². The highest BCUT2D eigenvalue weighted by atomic mass is 16.1. The van der Waals surface area contributed by atoms with Gasteiger partial charge in [0.1, 0.15) is 11.6 Å². The van der Waals surface area contributed by atoms with Crippen molar-refractivity contribution in [2.45, 2.75) is 141 Å². The monoisotopic (exact) mass is 525 g/mol. The fraction of sp³-hybridized carbons (Fsp3) is 0.906. The Kier molecular flexibility index (Phi) is 17.1. The highest BCUT2D eigenvalue weighted by Gasteiger charge is 2.33. The molecule has 0 aliphatic rings. The lowest BCUT2D eigenvalue weighted by Gasteiger charge is -2.30. The summed E-state index contributed by atoms with van der Waals surface area (Å²) in [6.07, 6.45) is 8.09. The van der Waals surface area contributed by atoms with Crippen LogP contribution in [0.15, 0.2) is 0 Å². The normalized spacial score (nSPS) is 14.3. The Morgan fingerprint density at radius 2 is 0.973 bits per heavy atom. The molecule has 0 aliphatic heterocycles. The zero-order valence-corrected chi connectivity index (χ0v) is 27.2. The maximum absolute atomic E-state index is 12.5. The van der Waals surface area contributed by atoms with Gasteiger partial charge in [0.25, 0.3) is 0 Å². The van der Waals surface area contributed by atoms with Gasteiger partial charge in [-0.05, 0) is 55.8 Å². The topological polar surface area (TPSA) is 90.9 Å². The number of hydrogen-bond acceptors (Lipinski definition) is 3. The highest BCUT2D eigenvalue weighted by Crippen LogP contribution is 2.34. The van der Waals surface area contributed by atoms with E-state index in [-0.39, 0.29) is 39.4 Å². The number of carbonyl (C=O) groups is 3. The van der Waals surface area contributed by atoms with Crippen LogP contribution in [0.25, 0.3) is 0 Å². The molecule has 220 valence electrons. The number of amides is 1. The zero-order chi connectivity index (χ0) is 29.7. The smallest absolute Gasteiger partial charge is 0.216 e. The Labute approximate surface area is 230 Å². The molecule has 5 heteroatoms. The van der Waals surface area contributed by atoms with Crippen LogP contribution in [-0.4, -0.2) is 30.6 Å². The summed E-state index contributed by atoms with van der Waals surface area (Å²) in [5.41, 5.74) is 3.79. The fourth-order valence-electron chi connectivity index (χ4n) is 4.70. The summed E-state index contributed by atoms with van der Waals surface area (Å²) >= 11 is 0. The molecule has 2 atom stereocenters. The van der Waals surface area contributed by atoms with E-state index in [2.05, 4.69) is 52.6 Å². The van der Waals surface area contributed by atoms with Crippen molar-refractivity contribution in [1.82, 2.24) is 5.32 Å². The summed E-state index contributed by atoms with van der Waals surface area (Å²) in [7, 11) is 0. The summed E-state index contributed by atoms with van der Waals surface area (Å²) in [5.74, 6) is 1.17. The Hall–Kier alpha value is -1.23. The number of carbonyl (C=O) groups excluding carboxylic acids is 3. The van der Waals surface area contributed by atoms with Crippen molar-refractivity contribution >= 4 is 17.5 Å². The Balaban J connectivity index is 0. The Morgan fingerprint density at radius 1 is 0.622 bits per heavy atom. The van der Waals surface area contributed by atoms with E-state index in [1.165, 1.54) is 6.92 Å². The molecule has 0 radical (unpaired) electrons. The van der Waals surface area contributed by atoms with Crippen molar-refractivity contribution in [2.75, 3.05) is 13.1 Å². The highest BCUT2D eigenvalue weighted by molar-refractivity contribution is 5.86. The molecule has 1 amide bonds. The van der Waals surface area contributed by atoms with Crippen LogP contribution in [0.5, 0.6) is 0 Å². The molecule has 4 N–H and O–H groups in total. The van der Waals surface area contributed by atoms with Gasteiger partial charge in [0, 0.05) is 36.1 Å². The summed E-state index contributed by atoms with van der Waals surface area (Å²) in [4.78, 5) is 35.8. The molecule has 0 spiro atoms. The molecule has 0 aromatic carbocycles. The largest absolute Gasteiger partial charge is 0.358 e. The molecule has 0 aromatic rings. The standard InChI is InChI=1S/C17H33NO2.C15H31NO/c1-13(19)18-11-9-8-10-14(12-16(2,3)4)15(20)17(5,6)7;1-14(2,3)11-12(9-7-8-10-16)13(17)15(4,5)6/h14H,8-12H2,1-7H3,(H,18,19);12H,7-11,16H2,1-6H3/p+1/t14-;12-/m11/s1. The average Bonchev–Trinajstić information content (AvgIpc) is 2.68. The molecule has 37 heavy (non-hydrogen) atoms. The van der Waals surface area contributed by atoms with Crippen LogP contribution in [0.3, 0.4) is 0 Å². The van der Waals surface area contributed by atoms with E-state index in [0.29, 0.717) is 18.1 Å². The molecule has 5 nitrogen and oxygen atoms in total. The van der Waals surface area contributed by atoms with Crippen LogP contribution in [0.2, 0.25) is 0 Å². The predicted octanol–water partition coefficient (Wildman–Crippen LogP) is 7.03. The molecular formula is C32H65N2O3+. The second-order valence-electron chi connectivity index (χ2n) is 15.5. The molecule has 0 aromatic heterocycles. The van der Waals surface area contributed by atoms with Crippen LogP contribution in [-0.2, 0) is 14.4 Å². The summed E-state index contributed by atoms with van der Waals surface area (Å²) < 4.78 is 0. The van der Waals surface area contributed by atoms with Gasteiger partial charge in [-0.1, -0.05) is 89.5 Å². The van der Waals surface area contributed by atoms with Crippen LogP contribution in [0, 0.1) is 33.5 Å². The van der Waals surface area contributed by atoms with Gasteiger partial charge in [0.2, 0.25) is 5.91 Å². The Morgan fingerprint density at radius 3 is 1.24 bits per heavy atom. The maximum Gasteiger partial charge on any atom is 0.216 e. The molecule has 0 fully saturated rings. The maximum atomic E-state index is 12.5. The van der Waals surface area contributed by atoms with Crippen molar-refractivity contribution in [1.29, 1.82) is 0 Å². The molecular weight excluding hydrogens is 460 g/mol. The number of rotatable bonds is 13. The van der Waals surface area contributed by atoms with Gasteiger partial charge in [-0.15, -0.1) is 0 Å². The third-order valence-corrected chi connectivity index (χ3v) is 6.34. The minimum atomic E-state index is -0.270. The van der Waals surface area contributed by atoms with Crippen molar-refractivity contribution in [3.63, 3.8) is 0 Å². The van der Waals surface area contributed by atoms with Crippen LogP contribution in [0.4, 0.5) is 0 Å². The summed E-state index contributed by atoms with van der Waals surface area (Å²) in [6, 6.07) is 0. The molecule has 0 saturated carbocycles. The lowest BCUT2D eigenvalue weighted by atomic mass is 9.74. The molecule has 0 bridgehead atoms. The van der Waals surface area contributed by atoms with Gasteiger partial charge in [-0.2, -0.15) is 0 Å².